The van der Waals surface area contributed by atoms with Crippen LogP contribution in [0.3, 0.4) is 0 Å². The lowest BCUT2D eigenvalue weighted by Crippen LogP contribution is -1.89. The topological polar surface area (TPSA) is 24.9 Å². The van der Waals surface area contributed by atoms with E-state index < -0.39 is 0 Å². The molecule has 0 amide bonds. The number of rotatable bonds is 4. The molecule has 0 atom stereocenters. The lowest BCUT2D eigenvalue weighted by Gasteiger charge is -1.98. The minimum atomic E-state index is 0.756. The Balaban J connectivity index is 0.000000200. The molecule has 19 heavy (non-hydrogen) atoms. The van der Waals surface area contributed by atoms with Gasteiger partial charge >= 0.3 is 0 Å². The monoisotopic (exact) mass is 274 g/mol. The molecule has 2 aromatic heterocycles. The summed E-state index contributed by atoms with van der Waals surface area (Å²) < 4.78 is 0. The van der Waals surface area contributed by atoms with E-state index >= 15 is 0 Å². The SMILES string of the molecule is C=Cc1ccc(CC(C)C)s1.CNc1ccccn1. The van der Waals surface area contributed by atoms with Crippen molar-refractivity contribution in [3.63, 3.8) is 0 Å². The first-order chi connectivity index (χ1) is 9.15. The molecule has 0 aliphatic heterocycles. The van der Waals surface area contributed by atoms with Crippen molar-refractivity contribution in [1.82, 2.24) is 4.98 Å². The van der Waals surface area contributed by atoms with Crippen LogP contribution in [0.15, 0.2) is 43.1 Å². The summed E-state index contributed by atoms with van der Waals surface area (Å²) in [6, 6.07) is 10.1. The molecule has 0 spiro atoms. The van der Waals surface area contributed by atoms with Crippen LogP contribution in [0.4, 0.5) is 5.82 Å². The Labute approximate surface area is 120 Å². The van der Waals surface area contributed by atoms with Crippen LogP contribution in [0.1, 0.15) is 23.6 Å². The van der Waals surface area contributed by atoms with E-state index in [4.69, 9.17) is 0 Å². The predicted octanol–water partition coefficient (Wildman–Crippen LogP) is 4.71. The Morgan fingerprint density at radius 1 is 1.32 bits per heavy atom. The van der Waals surface area contributed by atoms with Crippen molar-refractivity contribution >= 4 is 23.2 Å². The third-order valence-corrected chi connectivity index (χ3v) is 3.52. The highest BCUT2D eigenvalue weighted by molar-refractivity contribution is 7.12. The van der Waals surface area contributed by atoms with Gasteiger partial charge in [-0.3, -0.25) is 0 Å². The Kier molecular flexibility index (Phi) is 6.90. The maximum absolute atomic E-state index is 3.99. The van der Waals surface area contributed by atoms with E-state index in [9.17, 15) is 0 Å². The summed E-state index contributed by atoms with van der Waals surface area (Å²) in [6.07, 6.45) is 4.86. The third kappa shape index (κ3) is 6.20. The van der Waals surface area contributed by atoms with Gasteiger partial charge in [0, 0.05) is 23.0 Å². The van der Waals surface area contributed by atoms with Crippen LogP contribution in [0.2, 0.25) is 0 Å². The minimum Gasteiger partial charge on any atom is -0.373 e. The molecule has 0 radical (unpaired) electrons. The Morgan fingerprint density at radius 3 is 2.53 bits per heavy atom. The fraction of sp³-hybridized carbons (Fsp3) is 0.312. The van der Waals surface area contributed by atoms with Gasteiger partial charge in [0.15, 0.2) is 0 Å². The molecule has 0 aliphatic rings. The summed E-state index contributed by atoms with van der Waals surface area (Å²) in [7, 11) is 1.85. The van der Waals surface area contributed by atoms with Crippen LogP contribution in [0.25, 0.3) is 6.08 Å². The van der Waals surface area contributed by atoms with Crippen molar-refractivity contribution in [2.45, 2.75) is 20.3 Å². The van der Waals surface area contributed by atoms with Gasteiger partial charge < -0.3 is 5.32 Å². The van der Waals surface area contributed by atoms with Crippen molar-refractivity contribution in [1.29, 1.82) is 0 Å². The fourth-order valence-electron chi connectivity index (χ4n) is 1.53. The van der Waals surface area contributed by atoms with E-state index in [1.165, 1.54) is 16.2 Å². The van der Waals surface area contributed by atoms with Crippen molar-refractivity contribution < 1.29 is 0 Å². The summed E-state index contributed by atoms with van der Waals surface area (Å²) in [5.74, 6) is 1.67. The van der Waals surface area contributed by atoms with Crippen LogP contribution in [-0.4, -0.2) is 12.0 Å². The molecule has 2 nitrogen and oxygen atoms in total. The molecule has 0 aromatic carbocycles. The number of nitrogens with zero attached hydrogens (tertiary/aromatic N) is 1. The first kappa shape index (κ1) is 15.4. The number of nitrogens with one attached hydrogen (secondary N) is 1. The van der Waals surface area contributed by atoms with Gasteiger partial charge in [-0.15, -0.1) is 11.3 Å². The maximum Gasteiger partial charge on any atom is 0.125 e. The van der Waals surface area contributed by atoms with Crippen molar-refractivity contribution in [3.8, 4) is 0 Å². The fourth-order valence-corrected chi connectivity index (χ4v) is 2.60. The molecule has 3 heteroatoms. The highest BCUT2D eigenvalue weighted by Crippen LogP contribution is 2.20. The van der Waals surface area contributed by atoms with Crippen molar-refractivity contribution in [3.05, 3.63) is 52.9 Å². The van der Waals surface area contributed by atoms with Gasteiger partial charge in [0.1, 0.15) is 5.82 Å². The first-order valence-corrected chi connectivity index (χ1v) is 7.27. The van der Waals surface area contributed by atoms with E-state index in [0.29, 0.717) is 0 Å². The zero-order valence-corrected chi connectivity index (χ0v) is 12.7. The molecular formula is C16H22N2S. The second-order valence-corrected chi connectivity index (χ2v) is 5.77. The molecular weight excluding hydrogens is 252 g/mol. The molecule has 2 heterocycles. The minimum absolute atomic E-state index is 0.756. The number of anilines is 1. The van der Waals surface area contributed by atoms with Crippen LogP contribution in [-0.2, 0) is 6.42 Å². The lowest BCUT2D eigenvalue weighted by molar-refractivity contribution is 0.654. The quantitative estimate of drug-likeness (QED) is 0.873. The zero-order valence-electron chi connectivity index (χ0n) is 11.9. The number of thiophene rings is 1. The van der Waals surface area contributed by atoms with E-state index in [2.05, 4.69) is 42.9 Å². The summed E-state index contributed by atoms with van der Waals surface area (Å²) >= 11 is 1.84. The standard InChI is InChI=1S/C10H14S.C6H8N2/c1-4-9-5-6-10(11-9)7-8(2)3;1-7-6-4-2-3-5-8-6/h4-6,8H,1,7H2,2-3H3;2-5H,1H3,(H,7,8). The van der Waals surface area contributed by atoms with E-state index in [0.717, 1.165) is 11.7 Å². The molecule has 0 saturated carbocycles. The van der Waals surface area contributed by atoms with E-state index in [1.54, 1.807) is 6.20 Å². The molecule has 0 fully saturated rings. The number of aromatic nitrogens is 1. The van der Waals surface area contributed by atoms with Crippen molar-refractivity contribution in [2.24, 2.45) is 5.92 Å². The van der Waals surface area contributed by atoms with Crippen molar-refractivity contribution in [2.75, 3.05) is 12.4 Å². The number of hydrogen-bond acceptors (Lipinski definition) is 3. The lowest BCUT2D eigenvalue weighted by atomic mass is 10.1. The molecule has 102 valence electrons. The van der Waals surface area contributed by atoms with E-state index in [1.807, 2.05) is 42.7 Å². The van der Waals surface area contributed by atoms with Gasteiger partial charge in [0.25, 0.3) is 0 Å². The van der Waals surface area contributed by atoms with Crippen LogP contribution in [0.5, 0.6) is 0 Å². The number of hydrogen-bond donors (Lipinski definition) is 1. The normalized spacial score (nSPS) is 9.68. The molecule has 0 unspecified atom stereocenters. The van der Waals surface area contributed by atoms with Gasteiger partial charge in [-0.25, -0.2) is 4.98 Å². The molecule has 0 bridgehead atoms. The molecule has 2 aromatic rings. The van der Waals surface area contributed by atoms with Gasteiger partial charge in [-0.05, 0) is 36.6 Å². The van der Waals surface area contributed by atoms with Gasteiger partial charge in [0.2, 0.25) is 0 Å². The van der Waals surface area contributed by atoms with Gasteiger partial charge in [-0.1, -0.05) is 32.6 Å². The average molecular weight is 274 g/mol. The van der Waals surface area contributed by atoms with Gasteiger partial charge in [-0.2, -0.15) is 0 Å². The average Bonchev–Trinajstić information content (AvgIpc) is 2.87. The highest BCUT2D eigenvalue weighted by atomic mass is 32.1. The summed E-state index contributed by atoms with van der Waals surface area (Å²) in [4.78, 5) is 6.73. The van der Waals surface area contributed by atoms with Crippen LogP contribution in [0, 0.1) is 5.92 Å². The number of pyridine rings is 1. The largest absolute Gasteiger partial charge is 0.373 e. The highest BCUT2D eigenvalue weighted by Gasteiger charge is 1.99. The summed E-state index contributed by atoms with van der Waals surface area (Å²) in [5.41, 5.74) is 0. The van der Waals surface area contributed by atoms with Crippen LogP contribution < -0.4 is 5.32 Å². The Hall–Kier alpha value is -1.61. The Bertz CT molecular complexity index is 475. The van der Waals surface area contributed by atoms with Crippen LogP contribution >= 0.6 is 11.3 Å². The molecule has 2 rings (SSSR count). The summed E-state index contributed by atoms with van der Waals surface area (Å²) in [6.45, 7) is 8.22. The third-order valence-electron chi connectivity index (χ3n) is 2.41. The smallest absolute Gasteiger partial charge is 0.125 e. The second kappa shape index (κ2) is 8.48. The maximum atomic E-state index is 3.99. The molecule has 0 aliphatic carbocycles. The summed E-state index contributed by atoms with van der Waals surface area (Å²) in [5, 5.41) is 2.92. The molecule has 1 N–H and O–H groups in total. The second-order valence-electron chi connectivity index (χ2n) is 4.57. The zero-order chi connectivity index (χ0) is 14.1. The van der Waals surface area contributed by atoms with E-state index in [-0.39, 0.29) is 0 Å². The van der Waals surface area contributed by atoms with Gasteiger partial charge in [0.05, 0.1) is 0 Å². The Morgan fingerprint density at radius 2 is 2.11 bits per heavy atom. The predicted molar refractivity (Wildman–Crippen MR) is 86.7 cm³/mol. The molecule has 0 saturated heterocycles. The first-order valence-electron chi connectivity index (χ1n) is 6.45.